The second kappa shape index (κ2) is 8.17. The highest BCUT2D eigenvalue weighted by atomic mass is 16.5. The molecular formula is C16H20N2O5. The molecule has 0 bridgehead atoms. The Hall–Kier alpha value is -2.57. The molecule has 0 aromatic heterocycles. The monoisotopic (exact) mass is 320 g/mol. The smallest absolute Gasteiger partial charge is 0.321 e. The van der Waals surface area contributed by atoms with E-state index in [1.807, 2.05) is 31.2 Å². The third-order valence-corrected chi connectivity index (χ3v) is 3.19. The number of aryl methyl sites for hydroxylation is 1. The van der Waals surface area contributed by atoms with Gasteiger partial charge in [-0.25, -0.2) is 4.79 Å². The van der Waals surface area contributed by atoms with Crippen LogP contribution in [0.3, 0.4) is 0 Å². The quantitative estimate of drug-likeness (QED) is 0.739. The fourth-order valence-corrected chi connectivity index (χ4v) is 1.79. The Balaban J connectivity index is 1.58. The molecule has 1 aliphatic carbocycles. The highest BCUT2D eigenvalue weighted by molar-refractivity contribution is 5.95. The summed E-state index contributed by atoms with van der Waals surface area (Å²) in [5.74, 6) is -0.512. The standard InChI is InChI=1S/C16H20N2O5/c1-11-4-2-3-5-13(11)22-9-8-15(20)23-10-14(19)18-16(21)17-12-6-7-12/h2-5,12H,6-10H2,1H3,(H2,17,18,19,21). The van der Waals surface area contributed by atoms with Gasteiger partial charge in [-0.3, -0.25) is 14.9 Å². The SMILES string of the molecule is Cc1ccccc1OCCC(=O)OCC(=O)NC(=O)NC1CC1. The maximum atomic E-state index is 11.5. The van der Waals surface area contributed by atoms with E-state index in [1.54, 1.807) is 0 Å². The maximum Gasteiger partial charge on any atom is 0.321 e. The number of hydrogen-bond acceptors (Lipinski definition) is 5. The second-order valence-corrected chi connectivity index (χ2v) is 5.32. The summed E-state index contributed by atoms with van der Waals surface area (Å²) >= 11 is 0. The zero-order valence-electron chi connectivity index (χ0n) is 13.0. The van der Waals surface area contributed by atoms with Crippen LogP contribution in [-0.2, 0) is 14.3 Å². The molecule has 3 amide bonds. The molecular weight excluding hydrogens is 300 g/mol. The van der Waals surface area contributed by atoms with Crippen molar-refractivity contribution in [2.45, 2.75) is 32.2 Å². The van der Waals surface area contributed by atoms with E-state index in [4.69, 9.17) is 9.47 Å². The van der Waals surface area contributed by atoms with E-state index in [1.165, 1.54) is 0 Å². The lowest BCUT2D eigenvalue weighted by Crippen LogP contribution is -2.42. The predicted octanol–water partition coefficient (Wildman–Crippen LogP) is 1.30. The fraction of sp³-hybridized carbons (Fsp3) is 0.438. The van der Waals surface area contributed by atoms with Crippen LogP contribution in [0.1, 0.15) is 24.8 Å². The number of amides is 3. The van der Waals surface area contributed by atoms with Gasteiger partial charge < -0.3 is 14.8 Å². The number of esters is 1. The van der Waals surface area contributed by atoms with Gasteiger partial charge in [0, 0.05) is 6.04 Å². The van der Waals surface area contributed by atoms with Crippen molar-refractivity contribution in [1.82, 2.24) is 10.6 Å². The fourth-order valence-electron chi connectivity index (χ4n) is 1.79. The van der Waals surface area contributed by atoms with Crippen molar-refractivity contribution in [3.63, 3.8) is 0 Å². The van der Waals surface area contributed by atoms with Gasteiger partial charge in [0.25, 0.3) is 5.91 Å². The lowest BCUT2D eigenvalue weighted by atomic mass is 10.2. The highest BCUT2D eigenvalue weighted by Crippen LogP contribution is 2.18. The number of hydrogen-bond donors (Lipinski definition) is 2. The number of rotatable bonds is 7. The third-order valence-electron chi connectivity index (χ3n) is 3.19. The minimum Gasteiger partial charge on any atom is -0.493 e. The molecule has 1 saturated carbocycles. The summed E-state index contributed by atoms with van der Waals surface area (Å²) in [6.07, 6.45) is 1.88. The first-order valence-corrected chi connectivity index (χ1v) is 7.49. The Morgan fingerprint density at radius 1 is 1.22 bits per heavy atom. The highest BCUT2D eigenvalue weighted by Gasteiger charge is 2.24. The van der Waals surface area contributed by atoms with Gasteiger partial charge in [0.15, 0.2) is 6.61 Å². The van der Waals surface area contributed by atoms with Crippen molar-refractivity contribution in [3.05, 3.63) is 29.8 Å². The zero-order valence-corrected chi connectivity index (χ0v) is 13.0. The number of benzene rings is 1. The maximum absolute atomic E-state index is 11.5. The molecule has 124 valence electrons. The Morgan fingerprint density at radius 2 is 1.96 bits per heavy atom. The van der Waals surface area contributed by atoms with Gasteiger partial charge in [-0.2, -0.15) is 0 Å². The summed E-state index contributed by atoms with van der Waals surface area (Å²) in [4.78, 5) is 34.2. The van der Waals surface area contributed by atoms with E-state index >= 15 is 0 Å². The van der Waals surface area contributed by atoms with Crippen molar-refractivity contribution in [2.75, 3.05) is 13.2 Å². The minimum absolute atomic E-state index is 0.0237. The van der Waals surface area contributed by atoms with Gasteiger partial charge >= 0.3 is 12.0 Å². The zero-order chi connectivity index (χ0) is 16.7. The van der Waals surface area contributed by atoms with Crippen LogP contribution < -0.4 is 15.4 Å². The molecule has 0 atom stereocenters. The Bertz CT molecular complexity index is 584. The number of para-hydroxylation sites is 1. The van der Waals surface area contributed by atoms with E-state index in [9.17, 15) is 14.4 Å². The first-order chi connectivity index (χ1) is 11.0. The van der Waals surface area contributed by atoms with Gasteiger partial charge in [0.05, 0.1) is 13.0 Å². The molecule has 1 aromatic carbocycles. The van der Waals surface area contributed by atoms with Crippen LogP contribution in [0.5, 0.6) is 5.75 Å². The van der Waals surface area contributed by atoms with Crippen molar-refractivity contribution in [2.24, 2.45) is 0 Å². The van der Waals surface area contributed by atoms with E-state index < -0.39 is 24.5 Å². The van der Waals surface area contributed by atoms with Gasteiger partial charge in [0.2, 0.25) is 0 Å². The van der Waals surface area contributed by atoms with Crippen molar-refractivity contribution in [1.29, 1.82) is 0 Å². The first kappa shape index (κ1) is 16.8. The number of carbonyl (C=O) groups excluding carboxylic acids is 3. The van der Waals surface area contributed by atoms with Crippen LogP contribution in [0.2, 0.25) is 0 Å². The number of carbonyl (C=O) groups is 3. The number of imide groups is 1. The molecule has 7 heteroatoms. The average molecular weight is 320 g/mol. The van der Waals surface area contributed by atoms with Crippen LogP contribution in [-0.4, -0.2) is 37.2 Å². The van der Waals surface area contributed by atoms with Crippen molar-refractivity contribution < 1.29 is 23.9 Å². The van der Waals surface area contributed by atoms with Gasteiger partial charge in [-0.05, 0) is 31.4 Å². The normalized spacial score (nSPS) is 13.1. The molecule has 1 aliphatic rings. The third kappa shape index (κ3) is 6.37. The van der Waals surface area contributed by atoms with Crippen LogP contribution in [0, 0.1) is 6.92 Å². The van der Waals surface area contributed by atoms with Gasteiger partial charge in [-0.15, -0.1) is 0 Å². The summed E-state index contributed by atoms with van der Waals surface area (Å²) in [6, 6.07) is 7.06. The summed E-state index contributed by atoms with van der Waals surface area (Å²) in [6.45, 7) is 1.58. The molecule has 1 fully saturated rings. The number of urea groups is 1. The molecule has 0 aliphatic heterocycles. The van der Waals surface area contributed by atoms with E-state index in [0.29, 0.717) is 5.75 Å². The van der Waals surface area contributed by atoms with E-state index in [2.05, 4.69) is 10.6 Å². The van der Waals surface area contributed by atoms with Crippen LogP contribution in [0.15, 0.2) is 24.3 Å². The van der Waals surface area contributed by atoms with E-state index in [-0.39, 0.29) is 19.1 Å². The molecule has 7 nitrogen and oxygen atoms in total. The lowest BCUT2D eigenvalue weighted by Gasteiger charge is -2.09. The Kier molecular flexibility index (Phi) is 5.96. The van der Waals surface area contributed by atoms with Gasteiger partial charge in [0.1, 0.15) is 5.75 Å². The van der Waals surface area contributed by atoms with E-state index in [0.717, 1.165) is 18.4 Å². The molecule has 0 saturated heterocycles. The number of nitrogens with one attached hydrogen (secondary N) is 2. The first-order valence-electron chi connectivity index (χ1n) is 7.49. The molecule has 0 heterocycles. The summed E-state index contributed by atoms with van der Waals surface area (Å²) in [5, 5.41) is 4.70. The molecule has 2 rings (SSSR count). The largest absolute Gasteiger partial charge is 0.493 e. The Labute approximate surface area is 134 Å². The van der Waals surface area contributed by atoms with Crippen molar-refractivity contribution >= 4 is 17.9 Å². The second-order valence-electron chi connectivity index (χ2n) is 5.32. The molecule has 23 heavy (non-hydrogen) atoms. The minimum atomic E-state index is -0.656. The van der Waals surface area contributed by atoms with Gasteiger partial charge in [-0.1, -0.05) is 18.2 Å². The van der Waals surface area contributed by atoms with Crippen LogP contribution in [0.4, 0.5) is 4.79 Å². The van der Waals surface area contributed by atoms with Crippen LogP contribution >= 0.6 is 0 Å². The Morgan fingerprint density at radius 3 is 2.65 bits per heavy atom. The average Bonchev–Trinajstić information content (AvgIpc) is 3.31. The molecule has 1 aromatic rings. The summed E-state index contributed by atoms with van der Waals surface area (Å²) < 4.78 is 10.2. The summed E-state index contributed by atoms with van der Waals surface area (Å²) in [5.41, 5.74) is 0.974. The molecule has 0 radical (unpaired) electrons. The lowest BCUT2D eigenvalue weighted by molar-refractivity contribution is -0.148. The molecule has 2 N–H and O–H groups in total. The topological polar surface area (TPSA) is 93.7 Å². The summed E-state index contributed by atoms with van der Waals surface area (Å²) in [7, 11) is 0. The van der Waals surface area contributed by atoms with Crippen LogP contribution in [0.25, 0.3) is 0 Å². The molecule has 0 unspecified atom stereocenters. The molecule has 0 spiro atoms. The number of ether oxygens (including phenoxy) is 2. The predicted molar refractivity (Wildman–Crippen MR) is 81.9 cm³/mol. The van der Waals surface area contributed by atoms with Crippen molar-refractivity contribution in [3.8, 4) is 5.75 Å².